The topological polar surface area (TPSA) is 69.6 Å². The van der Waals surface area contributed by atoms with Crippen molar-refractivity contribution in [3.8, 4) is 0 Å². The first-order valence-electron chi connectivity index (χ1n) is 6.82. The van der Waals surface area contributed by atoms with Crippen LogP contribution in [0.5, 0.6) is 0 Å². The van der Waals surface area contributed by atoms with E-state index in [1.807, 2.05) is 6.26 Å². The zero-order valence-corrected chi connectivity index (χ0v) is 12.5. The fourth-order valence-corrected chi connectivity index (χ4v) is 3.00. The highest BCUT2D eigenvalue weighted by Gasteiger charge is 2.30. The van der Waals surface area contributed by atoms with Gasteiger partial charge in [0.1, 0.15) is 6.04 Å². The van der Waals surface area contributed by atoms with Crippen LogP contribution < -0.4 is 5.32 Å². The van der Waals surface area contributed by atoms with Crippen LogP contribution in [0.4, 0.5) is 4.79 Å². The summed E-state index contributed by atoms with van der Waals surface area (Å²) in [5.74, 6) is 0.492. The molecular weight excluding hydrogens is 264 g/mol. The van der Waals surface area contributed by atoms with Crippen molar-refractivity contribution in [3.05, 3.63) is 0 Å². The van der Waals surface area contributed by atoms with Gasteiger partial charge in [-0.05, 0) is 30.8 Å². The maximum Gasteiger partial charge on any atom is 0.326 e. The summed E-state index contributed by atoms with van der Waals surface area (Å²) in [6.07, 6.45) is 5.36. The fourth-order valence-electron chi connectivity index (χ4n) is 2.31. The molecule has 0 radical (unpaired) electrons. The van der Waals surface area contributed by atoms with Gasteiger partial charge in [-0.3, -0.25) is 0 Å². The average Bonchev–Trinajstić information content (AvgIpc) is 2.61. The minimum atomic E-state index is -0.894. The van der Waals surface area contributed by atoms with Crippen LogP contribution in [0.25, 0.3) is 0 Å². The molecular formula is C13H24N2O3S. The Morgan fingerprint density at radius 1 is 1.42 bits per heavy atom. The Morgan fingerprint density at radius 2 is 2.16 bits per heavy atom. The SMILES string of the molecule is CSCC(C)CNC(=O)N1CCCCCC1C(=O)O. The number of urea groups is 1. The monoisotopic (exact) mass is 288 g/mol. The zero-order valence-electron chi connectivity index (χ0n) is 11.7. The summed E-state index contributed by atoms with van der Waals surface area (Å²) in [6, 6.07) is -0.902. The maximum atomic E-state index is 12.1. The number of likely N-dealkylation sites (tertiary alicyclic amines) is 1. The number of nitrogens with one attached hydrogen (secondary N) is 1. The Bertz CT molecular complexity index is 312. The van der Waals surface area contributed by atoms with E-state index in [-0.39, 0.29) is 6.03 Å². The molecule has 1 rings (SSSR count). The third kappa shape index (κ3) is 5.30. The van der Waals surface area contributed by atoms with Gasteiger partial charge in [0.2, 0.25) is 0 Å². The molecule has 0 aliphatic carbocycles. The largest absolute Gasteiger partial charge is 0.480 e. The van der Waals surface area contributed by atoms with Gasteiger partial charge in [-0.15, -0.1) is 0 Å². The summed E-state index contributed by atoms with van der Waals surface area (Å²) in [6.45, 7) is 3.22. The van der Waals surface area contributed by atoms with Crippen molar-refractivity contribution in [2.75, 3.05) is 25.1 Å². The second kappa shape index (κ2) is 8.30. The smallest absolute Gasteiger partial charge is 0.326 e. The van der Waals surface area contributed by atoms with Crippen molar-refractivity contribution in [2.24, 2.45) is 5.92 Å². The summed E-state index contributed by atoms with van der Waals surface area (Å²) in [7, 11) is 0. The van der Waals surface area contributed by atoms with Gasteiger partial charge in [0.15, 0.2) is 0 Å². The molecule has 1 fully saturated rings. The van der Waals surface area contributed by atoms with E-state index < -0.39 is 12.0 Å². The molecule has 2 atom stereocenters. The van der Waals surface area contributed by atoms with Crippen LogP contribution >= 0.6 is 11.8 Å². The Kier molecular flexibility index (Phi) is 7.05. The molecule has 19 heavy (non-hydrogen) atoms. The number of aliphatic carboxylic acids is 1. The predicted molar refractivity (Wildman–Crippen MR) is 77.5 cm³/mol. The van der Waals surface area contributed by atoms with E-state index in [1.165, 1.54) is 4.90 Å². The molecule has 110 valence electrons. The van der Waals surface area contributed by atoms with E-state index in [4.69, 9.17) is 0 Å². The van der Waals surface area contributed by atoms with E-state index >= 15 is 0 Å². The lowest BCUT2D eigenvalue weighted by Crippen LogP contribution is -2.50. The standard InChI is InChI=1S/C13H24N2O3S/c1-10(9-19-2)8-14-13(18)15-7-5-3-4-6-11(15)12(16)17/h10-11H,3-9H2,1-2H3,(H,14,18)(H,16,17). The quantitative estimate of drug-likeness (QED) is 0.812. The lowest BCUT2D eigenvalue weighted by atomic mass is 10.1. The van der Waals surface area contributed by atoms with E-state index in [0.717, 1.165) is 25.0 Å². The highest BCUT2D eigenvalue weighted by molar-refractivity contribution is 7.98. The van der Waals surface area contributed by atoms with Gasteiger partial charge in [-0.2, -0.15) is 11.8 Å². The third-order valence-corrected chi connectivity index (χ3v) is 4.25. The number of thioether (sulfide) groups is 1. The molecule has 1 aliphatic rings. The minimum absolute atomic E-state index is 0.234. The molecule has 1 aliphatic heterocycles. The van der Waals surface area contributed by atoms with Gasteiger partial charge < -0.3 is 15.3 Å². The highest BCUT2D eigenvalue weighted by atomic mass is 32.2. The fraction of sp³-hybridized carbons (Fsp3) is 0.846. The van der Waals surface area contributed by atoms with Gasteiger partial charge in [0.25, 0.3) is 0 Å². The average molecular weight is 288 g/mol. The van der Waals surface area contributed by atoms with Crippen molar-refractivity contribution >= 4 is 23.8 Å². The van der Waals surface area contributed by atoms with Crippen LogP contribution in [-0.4, -0.2) is 53.1 Å². The molecule has 1 heterocycles. The van der Waals surface area contributed by atoms with Gasteiger partial charge in [0.05, 0.1) is 0 Å². The van der Waals surface area contributed by atoms with E-state index in [2.05, 4.69) is 12.2 Å². The molecule has 0 aromatic carbocycles. The summed E-state index contributed by atoms with van der Waals surface area (Å²) >= 11 is 1.75. The van der Waals surface area contributed by atoms with Crippen molar-refractivity contribution in [1.82, 2.24) is 10.2 Å². The number of rotatable bonds is 5. The van der Waals surface area contributed by atoms with Crippen molar-refractivity contribution in [2.45, 2.75) is 38.6 Å². The predicted octanol–water partition coefficient (Wildman–Crippen LogP) is 2.02. The molecule has 0 bridgehead atoms. The van der Waals surface area contributed by atoms with Crippen LogP contribution in [0.1, 0.15) is 32.6 Å². The number of carboxylic acid groups (broad SMARTS) is 1. The summed E-state index contributed by atoms with van der Waals surface area (Å²) < 4.78 is 0. The number of hydrogen-bond donors (Lipinski definition) is 2. The van der Waals surface area contributed by atoms with E-state index in [0.29, 0.717) is 25.4 Å². The molecule has 5 nitrogen and oxygen atoms in total. The number of amides is 2. The Labute approximate surface area is 119 Å². The van der Waals surface area contributed by atoms with E-state index in [9.17, 15) is 14.7 Å². The van der Waals surface area contributed by atoms with Gasteiger partial charge in [-0.1, -0.05) is 19.8 Å². The molecule has 0 saturated carbocycles. The molecule has 2 unspecified atom stereocenters. The number of carbonyl (C=O) groups is 2. The van der Waals surface area contributed by atoms with Gasteiger partial charge in [-0.25, -0.2) is 9.59 Å². The number of carbonyl (C=O) groups excluding carboxylic acids is 1. The summed E-state index contributed by atoms with van der Waals surface area (Å²) in [4.78, 5) is 24.8. The van der Waals surface area contributed by atoms with Crippen LogP contribution in [-0.2, 0) is 4.79 Å². The highest BCUT2D eigenvalue weighted by Crippen LogP contribution is 2.17. The molecule has 0 aromatic rings. The first-order chi connectivity index (χ1) is 9.06. The Morgan fingerprint density at radius 3 is 2.79 bits per heavy atom. The Hall–Kier alpha value is -0.910. The summed E-state index contributed by atoms with van der Waals surface area (Å²) in [5, 5.41) is 12.1. The normalized spacial score (nSPS) is 21.6. The van der Waals surface area contributed by atoms with Crippen molar-refractivity contribution < 1.29 is 14.7 Å². The van der Waals surface area contributed by atoms with Crippen LogP contribution in [0.15, 0.2) is 0 Å². The van der Waals surface area contributed by atoms with Crippen LogP contribution in [0, 0.1) is 5.92 Å². The molecule has 0 spiro atoms. The number of carboxylic acids is 1. The molecule has 2 N–H and O–H groups in total. The zero-order chi connectivity index (χ0) is 14.3. The molecule has 1 saturated heterocycles. The number of hydrogen-bond acceptors (Lipinski definition) is 3. The lowest BCUT2D eigenvalue weighted by Gasteiger charge is -2.27. The first-order valence-corrected chi connectivity index (χ1v) is 8.21. The third-order valence-electron chi connectivity index (χ3n) is 3.35. The van der Waals surface area contributed by atoms with Crippen LogP contribution in [0.2, 0.25) is 0 Å². The van der Waals surface area contributed by atoms with Crippen molar-refractivity contribution in [3.63, 3.8) is 0 Å². The lowest BCUT2D eigenvalue weighted by molar-refractivity contribution is -0.142. The molecule has 2 amide bonds. The molecule has 0 aromatic heterocycles. The second-order valence-electron chi connectivity index (χ2n) is 5.14. The summed E-state index contributed by atoms with van der Waals surface area (Å²) in [5.41, 5.74) is 0. The Balaban J connectivity index is 2.53. The minimum Gasteiger partial charge on any atom is -0.480 e. The van der Waals surface area contributed by atoms with Gasteiger partial charge >= 0.3 is 12.0 Å². The van der Waals surface area contributed by atoms with E-state index in [1.54, 1.807) is 11.8 Å². The number of nitrogens with zero attached hydrogens (tertiary/aromatic N) is 1. The van der Waals surface area contributed by atoms with Gasteiger partial charge in [0, 0.05) is 13.1 Å². The first kappa shape index (κ1) is 16.1. The maximum absolute atomic E-state index is 12.1. The molecule has 6 heteroatoms. The second-order valence-corrected chi connectivity index (χ2v) is 6.05. The van der Waals surface area contributed by atoms with Crippen LogP contribution in [0.3, 0.4) is 0 Å². The van der Waals surface area contributed by atoms with Crippen molar-refractivity contribution in [1.29, 1.82) is 0 Å².